The summed E-state index contributed by atoms with van der Waals surface area (Å²) in [7, 11) is 0. The van der Waals surface area contributed by atoms with Crippen molar-refractivity contribution in [2.45, 2.75) is 18.4 Å². The molecule has 0 aliphatic carbocycles. The van der Waals surface area contributed by atoms with Crippen molar-refractivity contribution in [3.8, 4) is 0 Å². The van der Waals surface area contributed by atoms with Crippen LogP contribution in [0.1, 0.15) is 12.8 Å². The molecular formula is C13H16FN3O. The van der Waals surface area contributed by atoms with Crippen molar-refractivity contribution < 1.29 is 9.13 Å². The summed E-state index contributed by atoms with van der Waals surface area (Å²) in [5, 5.41) is 0. The maximum Gasteiger partial charge on any atom is 0.196 e. The summed E-state index contributed by atoms with van der Waals surface area (Å²) in [5.74, 6) is 0.245. The molecule has 1 saturated heterocycles. The Bertz CT molecular complexity index is 466. The van der Waals surface area contributed by atoms with E-state index in [1.54, 1.807) is 12.1 Å². The van der Waals surface area contributed by atoms with E-state index in [9.17, 15) is 4.39 Å². The van der Waals surface area contributed by atoms with Crippen LogP contribution in [-0.4, -0.2) is 31.3 Å². The normalized spacial score (nSPS) is 27.6. The fraction of sp³-hybridized carbons (Fsp3) is 0.462. The number of aliphatic imine (C=N–C) groups is 1. The maximum absolute atomic E-state index is 13.0. The van der Waals surface area contributed by atoms with E-state index in [1.165, 1.54) is 12.1 Å². The highest BCUT2D eigenvalue weighted by Gasteiger charge is 2.44. The summed E-state index contributed by atoms with van der Waals surface area (Å²) in [6.45, 7) is 2.06. The number of ether oxygens (including phenoxy) is 1. The second kappa shape index (κ2) is 4.24. The zero-order chi connectivity index (χ0) is 12.6. The predicted molar refractivity (Wildman–Crippen MR) is 68.2 cm³/mol. The van der Waals surface area contributed by atoms with Gasteiger partial charge >= 0.3 is 0 Å². The van der Waals surface area contributed by atoms with Gasteiger partial charge in [0.25, 0.3) is 0 Å². The van der Waals surface area contributed by atoms with E-state index in [0.29, 0.717) is 19.1 Å². The molecule has 1 fully saturated rings. The van der Waals surface area contributed by atoms with E-state index >= 15 is 0 Å². The highest BCUT2D eigenvalue weighted by Crippen LogP contribution is 2.34. The highest BCUT2D eigenvalue weighted by atomic mass is 19.1. The van der Waals surface area contributed by atoms with Crippen LogP contribution in [-0.2, 0) is 4.74 Å². The van der Waals surface area contributed by atoms with Gasteiger partial charge in [-0.2, -0.15) is 0 Å². The average molecular weight is 249 g/mol. The molecular weight excluding hydrogens is 233 g/mol. The summed E-state index contributed by atoms with van der Waals surface area (Å²) in [5.41, 5.74) is 6.68. The lowest BCUT2D eigenvalue weighted by Gasteiger charge is -2.41. The Morgan fingerprint density at radius 2 is 2.11 bits per heavy atom. The number of guanidine groups is 1. The van der Waals surface area contributed by atoms with Crippen molar-refractivity contribution in [3.05, 3.63) is 30.1 Å². The Morgan fingerprint density at radius 3 is 2.78 bits per heavy atom. The van der Waals surface area contributed by atoms with Crippen molar-refractivity contribution in [2.75, 3.05) is 24.7 Å². The Balaban J connectivity index is 1.96. The Hall–Kier alpha value is -1.62. The van der Waals surface area contributed by atoms with Crippen LogP contribution in [0.25, 0.3) is 0 Å². The van der Waals surface area contributed by atoms with Gasteiger partial charge in [-0.3, -0.25) is 4.99 Å². The third-order valence-corrected chi connectivity index (χ3v) is 3.63. The monoisotopic (exact) mass is 249 g/mol. The van der Waals surface area contributed by atoms with E-state index in [0.717, 1.165) is 25.1 Å². The SMILES string of the molecule is NC1=NCC2(CCCOC2)N1c1ccc(F)cc1. The van der Waals surface area contributed by atoms with Gasteiger partial charge in [-0.25, -0.2) is 4.39 Å². The van der Waals surface area contributed by atoms with Gasteiger partial charge in [0.15, 0.2) is 5.96 Å². The molecule has 18 heavy (non-hydrogen) atoms. The first-order chi connectivity index (χ1) is 8.71. The maximum atomic E-state index is 13.0. The lowest BCUT2D eigenvalue weighted by Crippen LogP contribution is -2.56. The second-order valence-electron chi connectivity index (χ2n) is 4.87. The predicted octanol–water partition coefficient (Wildman–Crippen LogP) is 1.51. The van der Waals surface area contributed by atoms with Crippen LogP contribution in [0.4, 0.5) is 10.1 Å². The first-order valence-electron chi connectivity index (χ1n) is 6.15. The van der Waals surface area contributed by atoms with Crippen molar-refractivity contribution in [1.82, 2.24) is 0 Å². The third kappa shape index (κ3) is 1.75. The number of rotatable bonds is 1. The van der Waals surface area contributed by atoms with Crippen molar-refractivity contribution >= 4 is 11.6 Å². The Labute approximate surface area is 105 Å². The second-order valence-corrected chi connectivity index (χ2v) is 4.87. The zero-order valence-corrected chi connectivity index (χ0v) is 10.1. The molecule has 0 aromatic heterocycles. The summed E-state index contributed by atoms with van der Waals surface area (Å²) in [4.78, 5) is 6.33. The molecule has 2 aliphatic heterocycles. The largest absolute Gasteiger partial charge is 0.379 e. The molecule has 1 atom stereocenters. The fourth-order valence-electron chi connectivity index (χ4n) is 2.75. The molecule has 4 nitrogen and oxygen atoms in total. The fourth-order valence-corrected chi connectivity index (χ4v) is 2.75. The molecule has 3 rings (SSSR count). The van der Waals surface area contributed by atoms with Gasteiger partial charge in [0, 0.05) is 12.3 Å². The molecule has 0 bridgehead atoms. The van der Waals surface area contributed by atoms with Crippen LogP contribution in [0.2, 0.25) is 0 Å². The number of hydrogen-bond acceptors (Lipinski definition) is 4. The van der Waals surface area contributed by atoms with E-state index < -0.39 is 0 Å². The zero-order valence-electron chi connectivity index (χ0n) is 10.1. The molecule has 1 aromatic rings. The van der Waals surface area contributed by atoms with Gasteiger partial charge < -0.3 is 15.4 Å². The van der Waals surface area contributed by atoms with Gasteiger partial charge in [-0.1, -0.05) is 0 Å². The van der Waals surface area contributed by atoms with E-state index in [1.807, 2.05) is 4.90 Å². The molecule has 5 heteroatoms. The lowest BCUT2D eigenvalue weighted by molar-refractivity contribution is 0.0459. The summed E-state index contributed by atoms with van der Waals surface area (Å²) >= 11 is 0. The van der Waals surface area contributed by atoms with Crippen molar-refractivity contribution in [3.63, 3.8) is 0 Å². The van der Waals surface area contributed by atoms with Crippen molar-refractivity contribution in [2.24, 2.45) is 10.7 Å². The molecule has 1 unspecified atom stereocenters. The van der Waals surface area contributed by atoms with Crippen LogP contribution < -0.4 is 10.6 Å². The molecule has 0 radical (unpaired) electrons. The number of hydrogen-bond donors (Lipinski definition) is 1. The van der Waals surface area contributed by atoms with E-state index in [-0.39, 0.29) is 11.4 Å². The number of nitrogens with two attached hydrogens (primary N) is 1. The van der Waals surface area contributed by atoms with Gasteiger partial charge in [-0.05, 0) is 37.1 Å². The molecule has 1 spiro atoms. The quantitative estimate of drug-likeness (QED) is 0.820. The minimum absolute atomic E-state index is 0.180. The lowest BCUT2D eigenvalue weighted by atomic mass is 9.91. The first kappa shape index (κ1) is 11.5. The number of anilines is 1. The van der Waals surface area contributed by atoms with Gasteiger partial charge in [0.2, 0.25) is 0 Å². The van der Waals surface area contributed by atoms with Gasteiger partial charge in [0.05, 0.1) is 18.7 Å². The topological polar surface area (TPSA) is 50.9 Å². The molecule has 1 aromatic carbocycles. The van der Waals surface area contributed by atoms with Crippen LogP contribution in [0, 0.1) is 5.82 Å². The molecule has 0 saturated carbocycles. The molecule has 2 N–H and O–H groups in total. The molecule has 96 valence electrons. The number of benzene rings is 1. The first-order valence-corrected chi connectivity index (χ1v) is 6.15. The summed E-state index contributed by atoms with van der Waals surface area (Å²) in [6.07, 6.45) is 2.00. The van der Waals surface area contributed by atoms with Crippen LogP contribution >= 0.6 is 0 Å². The van der Waals surface area contributed by atoms with Crippen LogP contribution in [0.3, 0.4) is 0 Å². The molecule has 2 heterocycles. The van der Waals surface area contributed by atoms with E-state index in [2.05, 4.69) is 4.99 Å². The van der Waals surface area contributed by atoms with Gasteiger partial charge in [0.1, 0.15) is 5.82 Å². The van der Waals surface area contributed by atoms with Crippen LogP contribution in [0.5, 0.6) is 0 Å². The number of nitrogens with zero attached hydrogens (tertiary/aromatic N) is 2. The summed E-state index contributed by atoms with van der Waals surface area (Å²) < 4.78 is 18.6. The smallest absolute Gasteiger partial charge is 0.196 e. The summed E-state index contributed by atoms with van der Waals surface area (Å²) in [6, 6.07) is 6.36. The van der Waals surface area contributed by atoms with Crippen molar-refractivity contribution in [1.29, 1.82) is 0 Å². The van der Waals surface area contributed by atoms with Crippen LogP contribution in [0.15, 0.2) is 29.3 Å². The molecule has 0 amide bonds. The Kier molecular flexibility index (Phi) is 2.70. The third-order valence-electron chi connectivity index (χ3n) is 3.63. The average Bonchev–Trinajstić information content (AvgIpc) is 2.69. The standard InChI is InChI=1S/C13H16FN3O/c14-10-2-4-11(5-3-10)17-12(15)16-8-13(17)6-1-7-18-9-13/h2-5H,1,6-9H2,(H2,15,16). The van der Waals surface area contributed by atoms with E-state index in [4.69, 9.17) is 10.5 Å². The highest BCUT2D eigenvalue weighted by molar-refractivity contribution is 5.98. The minimum atomic E-state index is -0.248. The minimum Gasteiger partial charge on any atom is -0.379 e. The molecule has 2 aliphatic rings. The van der Waals surface area contributed by atoms with Gasteiger partial charge in [-0.15, -0.1) is 0 Å². The number of halogens is 1. The Morgan fingerprint density at radius 1 is 1.33 bits per heavy atom.